The first kappa shape index (κ1) is 25.8. The fraction of sp³-hybridized carbons (Fsp3) is 0.238. The van der Waals surface area contributed by atoms with Crippen LogP contribution in [0.4, 0.5) is 18.9 Å². The number of alkyl halides is 3. The molecular weight excluding hydrogens is 481 g/mol. The van der Waals surface area contributed by atoms with Crippen molar-refractivity contribution >= 4 is 48.1 Å². The van der Waals surface area contributed by atoms with E-state index in [1.807, 2.05) is 0 Å². The highest BCUT2D eigenvalue weighted by molar-refractivity contribution is 7.93. The average Bonchev–Trinajstić information content (AvgIpc) is 2.64. The van der Waals surface area contributed by atoms with Crippen LogP contribution in [0.15, 0.2) is 41.8 Å². The molecule has 0 heterocycles. The van der Waals surface area contributed by atoms with Crippen molar-refractivity contribution in [1.29, 1.82) is 0 Å². The number of amides is 1. The molecule has 2 rings (SSSR count). The van der Waals surface area contributed by atoms with E-state index in [2.05, 4.69) is 15.2 Å². The van der Waals surface area contributed by atoms with Crippen molar-refractivity contribution < 1.29 is 26.4 Å². The molecule has 0 aliphatic carbocycles. The number of halogens is 4. The van der Waals surface area contributed by atoms with Crippen LogP contribution in [0.1, 0.15) is 35.3 Å². The van der Waals surface area contributed by atoms with Crippen molar-refractivity contribution in [2.75, 3.05) is 12.0 Å². The topological polar surface area (TPSA) is 89.3 Å². The summed E-state index contributed by atoms with van der Waals surface area (Å²) in [7, 11) is -0.0597. The number of rotatable bonds is 6. The molecule has 0 unspecified atom stereocenters. The van der Waals surface area contributed by atoms with E-state index in [9.17, 15) is 26.4 Å². The molecule has 1 amide bonds. The van der Waals surface area contributed by atoms with E-state index >= 15 is 0 Å². The molecule has 0 saturated carbocycles. The summed E-state index contributed by atoms with van der Waals surface area (Å²) in [6, 6.07) is 5.85. The largest absolute Gasteiger partial charge is 0.418 e. The average molecular weight is 501 g/mol. The van der Waals surface area contributed by atoms with Gasteiger partial charge in [-0.05, 0) is 43.2 Å². The first-order valence-corrected chi connectivity index (χ1v) is 12.0. The van der Waals surface area contributed by atoms with E-state index in [1.165, 1.54) is 19.1 Å². The zero-order chi connectivity index (χ0) is 24.4. The van der Waals surface area contributed by atoms with E-state index in [0.717, 1.165) is 11.7 Å². The van der Waals surface area contributed by atoms with Crippen molar-refractivity contribution in [3.63, 3.8) is 0 Å². The minimum Gasteiger partial charge on any atom is -0.398 e. The number of nitrogens with one attached hydrogen (secondary N) is 1. The van der Waals surface area contributed by atoms with Crippen molar-refractivity contribution in [2.45, 2.75) is 26.1 Å². The number of nitrogen functional groups attached to an aromatic ring is 1. The Bertz CT molecular complexity index is 1210. The fourth-order valence-corrected chi connectivity index (χ4v) is 4.16. The minimum absolute atomic E-state index is 0.0144. The Morgan fingerprint density at radius 2 is 1.88 bits per heavy atom. The molecule has 1 atom stereocenters. The zero-order valence-corrected chi connectivity index (χ0v) is 19.9. The van der Waals surface area contributed by atoms with Gasteiger partial charge in [0.1, 0.15) is 0 Å². The van der Waals surface area contributed by atoms with Gasteiger partial charge in [-0.2, -0.15) is 13.2 Å². The number of hydrogen-bond donors (Lipinski definition) is 2. The van der Waals surface area contributed by atoms with Crippen LogP contribution < -0.4 is 11.1 Å². The van der Waals surface area contributed by atoms with Gasteiger partial charge >= 0.3 is 6.18 Å². The molecule has 0 bridgehead atoms. The third-order valence-electron chi connectivity index (χ3n) is 4.40. The number of carbonyl (C=O) groups excluding carboxylic acids is 1. The first-order chi connectivity index (χ1) is 14.6. The molecule has 0 aliphatic heterocycles. The van der Waals surface area contributed by atoms with Gasteiger partial charge in [0.05, 0.1) is 11.3 Å². The number of hydrogen-bond acceptors (Lipinski definition) is 4. The van der Waals surface area contributed by atoms with Gasteiger partial charge in [-0.15, -0.1) is 0 Å². The van der Waals surface area contributed by atoms with Gasteiger partial charge < -0.3 is 11.1 Å². The maximum absolute atomic E-state index is 13.7. The second-order valence-electron chi connectivity index (χ2n) is 7.19. The van der Waals surface area contributed by atoms with Gasteiger partial charge in [-0.3, -0.25) is 4.79 Å². The van der Waals surface area contributed by atoms with Crippen LogP contribution >= 0.6 is 11.6 Å². The highest BCUT2D eigenvalue weighted by Gasteiger charge is 2.35. The molecule has 2 radical (unpaired) electrons. The molecule has 2 aromatic rings. The van der Waals surface area contributed by atoms with E-state index in [1.54, 1.807) is 25.1 Å². The number of benzene rings is 2. The van der Waals surface area contributed by atoms with Crippen molar-refractivity contribution in [1.82, 2.24) is 5.32 Å². The van der Waals surface area contributed by atoms with Crippen LogP contribution in [0.25, 0.3) is 11.1 Å². The van der Waals surface area contributed by atoms with Crippen LogP contribution in [-0.2, 0) is 16.0 Å². The Kier molecular flexibility index (Phi) is 7.74. The summed E-state index contributed by atoms with van der Waals surface area (Å²) in [4.78, 5) is 12.7. The van der Waals surface area contributed by atoms with Gasteiger partial charge in [0.25, 0.3) is 5.91 Å². The van der Waals surface area contributed by atoms with E-state index in [0.29, 0.717) is 22.4 Å². The van der Waals surface area contributed by atoms with E-state index in [4.69, 9.17) is 17.3 Å². The fourth-order valence-electron chi connectivity index (χ4n) is 2.97. The zero-order valence-electron chi connectivity index (χ0n) is 17.3. The summed E-state index contributed by atoms with van der Waals surface area (Å²) in [6.07, 6.45) is -2.62. The van der Waals surface area contributed by atoms with Crippen LogP contribution in [0.2, 0.25) is 5.02 Å². The standard InChI is InChI=1S/C21H20ClF3N2O3SSi/c1-11(7-8-31(3,29)30)27-20(28)13-9-15(19(26)16(10-13)21(23,24)25)14-5-4-6-17(22)18(14)12(2)32/h4-11H,26H2,1-3H3,(H,27,28)/b8-7+/t11-/m1/s1. The third kappa shape index (κ3) is 6.30. The molecule has 5 nitrogen and oxygen atoms in total. The lowest BCUT2D eigenvalue weighted by Gasteiger charge is -2.19. The predicted octanol–water partition coefficient (Wildman–Crippen LogP) is 3.99. The minimum atomic E-state index is -4.82. The molecule has 11 heteroatoms. The Morgan fingerprint density at radius 3 is 2.41 bits per heavy atom. The van der Waals surface area contributed by atoms with Gasteiger partial charge in [-0.1, -0.05) is 35.0 Å². The maximum Gasteiger partial charge on any atom is 0.418 e. The first-order valence-electron chi connectivity index (χ1n) is 9.16. The summed E-state index contributed by atoms with van der Waals surface area (Å²) in [5.74, 6) is -0.829. The van der Waals surface area contributed by atoms with Crippen LogP contribution in [0, 0.1) is 0 Å². The van der Waals surface area contributed by atoms with Crippen molar-refractivity contribution in [3.8, 4) is 11.1 Å². The molecule has 0 aliphatic rings. The summed E-state index contributed by atoms with van der Waals surface area (Å²) in [5.41, 5.74) is 4.62. The summed E-state index contributed by atoms with van der Waals surface area (Å²) in [5, 5.41) is 4.21. The smallest absolute Gasteiger partial charge is 0.398 e. The van der Waals surface area contributed by atoms with Crippen LogP contribution in [0.5, 0.6) is 0 Å². The highest BCUT2D eigenvalue weighted by atomic mass is 35.5. The van der Waals surface area contributed by atoms with Gasteiger partial charge in [-0.25, -0.2) is 8.42 Å². The second kappa shape index (κ2) is 9.59. The Morgan fingerprint density at radius 1 is 1.25 bits per heavy atom. The van der Waals surface area contributed by atoms with Gasteiger partial charge in [0, 0.05) is 43.7 Å². The molecule has 170 valence electrons. The summed E-state index contributed by atoms with van der Waals surface area (Å²) in [6.45, 7) is 3.16. The summed E-state index contributed by atoms with van der Waals surface area (Å²) >= 11 is 6.25. The van der Waals surface area contributed by atoms with Crippen molar-refractivity contribution in [2.24, 2.45) is 0 Å². The molecule has 32 heavy (non-hydrogen) atoms. The Labute approximate surface area is 192 Å². The monoisotopic (exact) mass is 500 g/mol. The lowest BCUT2D eigenvalue weighted by molar-refractivity contribution is -0.136. The summed E-state index contributed by atoms with van der Waals surface area (Å²) < 4.78 is 63.6. The normalized spacial score (nSPS) is 13.2. The number of carbonyl (C=O) groups is 1. The highest BCUT2D eigenvalue weighted by Crippen LogP contribution is 2.41. The van der Waals surface area contributed by atoms with E-state index < -0.39 is 39.2 Å². The second-order valence-corrected chi connectivity index (χ2v) is 10.3. The van der Waals surface area contributed by atoms with Gasteiger partial charge in [0.15, 0.2) is 9.84 Å². The number of anilines is 1. The molecule has 3 N–H and O–H groups in total. The van der Waals surface area contributed by atoms with Crippen LogP contribution in [-0.4, -0.2) is 41.6 Å². The van der Waals surface area contributed by atoms with Crippen molar-refractivity contribution in [3.05, 3.63) is 63.5 Å². The Hall–Kier alpha value is -2.43. The molecule has 0 aromatic heterocycles. The number of nitrogens with two attached hydrogens (primary N) is 1. The lowest BCUT2D eigenvalue weighted by atomic mass is 9.92. The van der Waals surface area contributed by atoms with E-state index in [-0.39, 0.29) is 16.1 Å². The van der Waals surface area contributed by atoms with Gasteiger partial charge in [0.2, 0.25) is 0 Å². The molecule has 0 spiro atoms. The predicted molar refractivity (Wildman–Crippen MR) is 123 cm³/mol. The quantitative estimate of drug-likeness (QED) is 0.463. The maximum atomic E-state index is 13.7. The van der Waals surface area contributed by atoms with Crippen LogP contribution in [0.3, 0.4) is 0 Å². The SMILES string of the molecule is CC(=[Si])c1c(Cl)cccc1-c1cc(C(=O)N[C@H](C)/C=C/S(C)(=O)=O)cc(C(F)(F)F)c1N. The molecule has 0 fully saturated rings. The number of sulfone groups is 1. The Balaban J connectivity index is 2.66. The molecular formula is C21H20ClF3N2O3SSi. The lowest BCUT2D eigenvalue weighted by Crippen LogP contribution is -2.31. The third-order valence-corrected chi connectivity index (χ3v) is 5.62. The molecule has 2 aromatic carbocycles. The molecule has 0 saturated heterocycles.